The molecule has 0 spiro atoms. The van der Waals surface area contributed by atoms with Gasteiger partial charge in [-0.1, -0.05) is 48.0 Å². The van der Waals surface area contributed by atoms with Gasteiger partial charge in [-0.05, 0) is 31.5 Å². The molecule has 0 saturated heterocycles. The first-order valence-electron chi connectivity index (χ1n) is 8.27. The highest BCUT2D eigenvalue weighted by Crippen LogP contribution is 2.20. The van der Waals surface area contributed by atoms with E-state index in [2.05, 4.69) is 10.6 Å². The fourth-order valence-electron chi connectivity index (χ4n) is 2.38. The molecule has 0 heterocycles. The van der Waals surface area contributed by atoms with Gasteiger partial charge in [0.1, 0.15) is 6.04 Å². The summed E-state index contributed by atoms with van der Waals surface area (Å²) in [4.78, 5) is 25.1. The third-order valence-electron chi connectivity index (χ3n) is 3.79. The molecule has 5 heteroatoms. The van der Waals surface area contributed by atoms with Crippen LogP contribution in [-0.4, -0.2) is 23.6 Å². The molecule has 0 bridgehead atoms. The standard InChI is InChI=1S/C20H24N2O2S/c1-14-9-11-18(12-10-14)25-13-19(22-16(3)23)20(24)21-15(2)17-7-5-4-6-8-17/h4-12,15,19H,13H2,1-3H3,(H,21,24)(H,22,23). The van der Waals surface area contributed by atoms with Crippen LogP contribution in [0.5, 0.6) is 0 Å². The lowest BCUT2D eigenvalue weighted by molar-refractivity contribution is -0.127. The molecule has 0 aliphatic rings. The van der Waals surface area contributed by atoms with Gasteiger partial charge in [0, 0.05) is 17.6 Å². The fourth-order valence-corrected chi connectivity index (χ4v) is 3.30. The first-order chi connectivity index (χ1) is 12.0. The number of nitrogens with one attached hydrogen (secondary N) is 2. The summed E-state index contributed by atoms with van der Waals surface area (Å²) in [6, 6.07) is 17.2. The number of hydrogen-bond acceptors (Lipinski definition) is 3. The predicted octanol–water partition coefficient (Wildman–Crippen LogP) is 3.47. The van der Waals surface area contributed by atoms with E-state index in [0.717, 1.165) is 10.5 Å². The van der Waals surface area contributed by atoms with Crippen molar-refractivity contribution in [3.8, 4) is 0 Å². The molecular weight excluding hydrogens is 332 g/mol. The van der Waals surface area contributed by atoms with Crippen molar-refractivity contribution in [2.45, 2.75) is 37.8 Å². The predicted molar refractivity (Wildman–Crippen MR) is 103 cm³/mol. The second-order valence-electron chi connectivity index (χ2n) is 6.02. The highest BCUT2D eigenvalue weighted by Gasteiger charge is 2.21. The lowest BCUT2D eigenvalue weighted by Gasteiger charge is -2.21. The van der Waals surface area contributed by atoms with Crippen molar-refractivity contribution in [1.29, 1.82) is 0 Å². The molecule has 4 nitrogen and oxygen atoms in total. The lowest BCUT2D eigenvalue weighted by Crippen LogP contribution is -2.48. The van der Waals surface area contributed by atoms with Crippen molar-refractivity contribution in [3.63, 3.8) is 0 Å². The number of carbonyl (C=O) groups is 2. The van der Waals surface area contributed by atoms with E-state index < -0.39 is 6.04 Å². The summed E-state index contributed by atoms with van der Waals surface area (Å²) in [5.41, 5.74) is 2.22. The molecule has 0 saturated carbocycles. The van der Waals surface area contributed by atoms with Gasteiger partial charge in [0.05, 0.1) is 6.04 Å². The van der Waals surface area contributed by atoms with Crippen molar-refractivity contribution < 1.29 is 9.59 Å². The molecule has 0 aliphatic carbocycles. The average Bonchev–Trinajstić information content (AvgIpc) is 2.60. The maximum Gasteiger partial charge on any atom is 0.243 e. The summed E-state index contributed by atoms with van der Waals surface area (Å²) in [5.74, 6) is 0.0962. The van der Waals surface area contributed by atoms with E-state index in [1.54, 1.807) is 11.8 Å². The smallest absolute Gasteiger partial charge is 0.243 e. The number of rotatable bonds is 7. The van der Waals surface area contributed by atoms with Crippen molar-refractivity contribution >= 4 is 23.6 Å². The number of thioether (sulfide) groups is 1. The number of hydrogen-bond donors (Lipinski definition) is 2. The molecule has 0 aliphatic heterocycles. The van der Waals surface area contributed by atoms with Crippen LogP contribution in [0, 0.1) is 6.92 Å². The highest BCUT2D eigenvalue weighted by atomic mass is 32.2. The van der Waals surface area contributed by atoms with E-state index in [4.69, 9.17) is 0 Å². The van der Waals surface area contributed by atoms with Crippen LogP contribution in [0.2, 0.25) is 0 Å². The van der Waals surface area contributed by atoms with Gasteiger partial charge in [-0.2, -0.15) is 0 Å². The minimum absolute atomic E-state index is 0.116. The molecule has 2 unspecified atom stereocenters. The Labute approximate surface area is 153 Å². The molecular formula is C20H24N2O2S. The van der Waals surface area contributed by atoms with Crippen molar-refractivity contribution in [3.05, 3.63) is 65.7 Å². The van der Waals surface area contributed by atoms with Crippen LogP contribution >= 0.6 is 11.8 Å². The normalized spacial score (nSPS) is 12.9. The number of aryl methyl sites for hydroxylation is 1. The third kappa shape index (κ3) is 6.27. The van der Waals surface area contributed by atoms with Gasteiger partial charge < -0.3 is 10.6 Å². The topological polar surface area (TPSA) is 58.2 Å². The Hall–Kier alpha value is -2.27. The second kappa shape index (κ2) is 9.28. The van der Waals surface area contributed by atoms with Crippen LogP contribution in [0.15, 0.2) is 59.5 Å². The lowest BCUT2D eigenvalue weighted by atomic mass is 10.1. The molecule has 0 aromatic heterocycles. The SMILES string of the molecule is CC(=O)NC(CSc1ccc(C)cc1)C(=O)NC(C)c1ccccc1. The van der Waals surface area contributed by atoms with Crippen LogP contribution in [0.25, 0.3) is 0 Å². The summed E-state index contributed by atoms with van der Waals surface area (Å²) in [6.45, 7) is 5.40. The van der Waals surface area contributed by atoms with E-state index in [-0.39, 0.29) is 17.9 Å². The first-order valence-corrected chi connectivity index (χ1v) is 9.26. The minimum atomic E-state index is -0.574. The van der Waals surface area contributed by atoms with E-state index in [1.807, 2.05) is 68.4 Å². The van der Waals surface area contributed by atoms with Crippen LogP contribution in [-0.2, 0) is 9.59 Å². The molecule has 2 rings (SSSR count). The summed E-state index contributed by atoms with van der Waals surface area (Å²) in [5, 5.41) is 5.73. The highest BCUT2D eigenvalue weighted by molar-refractivity contribution is 7.99. The maximum atomic E-state index is 12.6. The largest absolute Gasteiger partial charge is 0.348 e. The van der Waals surface area contributed by atoms with Gasteiger partial charge in [0.2, 0.25) is 11.8 Å². The molecule has 25 heavy (non-hydrogen) atoms. The Bertz CT molecular complexity index is 701. The molecule has 2 aromatic rings. The van der Waals surface area contributed by atoms with Gasteiger partial charge in [0.25, 0.3) is 0 Å². The minimum Gasteiger partial charge on any atom is -0.348 e. The fraction of sp³-hybridized carbons (Fsp3) is 0.300. The van der Waals surface area contributed by atoms with Crippen LogP contribution in [0.1, 0.15) is 31.0 Å². The van der Waals surface area contributed by atoms with Crippen LogP contribution < -0.4 is 10.6 Å². The van der Waals surface area contributed by atoms with Gasteiger partial charge >= 0.3 is 0 Å². The number of carbonyl (C=O) groups excluding carboxylic acids is 2. The molecule has 132 valence electrons. The summed E-state index contributed by atoms with van der Waals surface area (Å²) < 4.78 is 0. The Balaban J connectivity index is 1.98. The third-order valence-corrected chi connectivity index (χ3v) is 4.90. The van der Waals surface area contributed by atoms with Crippen molar-refractivity contribution in [2.24, 2.45) is 0 Å². The zero-order valence-electron chi connectivity index (χ0n) is 14.8. The molecule has 2 aromatic carbocycles. The van der Waals surface area contributed by atoms with E-state index in [9.17, 15) is 9.59 Å². The van der Waals surface area contributed by atoms with Crippen molar-refractivity contribution in [1.82, 2.24) is 10.6 Å². The molecule has 0 fully saturated rings. The van der Waals surface area contributed by atoms with Gasteiger partial charge in [0.15, 0.2) is 0 Å². The van der Waals surface area contributed by atoms with Gasteiger partial charge in [-0.25, -0.2) is 0 Å². The van der Waals surface area contributed by atoms with Gasteiger partial charge in [-0.15, -0.1) is 11.8 Å². The second-order valence-corrected chi connectivity index (χ2v) is 7.11. The van der Waals surface area contributed by atoms with E-state index >= 15 is 0 Å². The summed E-state index contributed by atoms with van der Waals surface area (Å²) >= 11 is 1.55. The Morgan fingerprint density at radius 2 is 1.64 bits per heavy atom. The number of amides is 2. The Morgan fingerprint density at radius 1 is 1.00 bits per heavy atom. The van der Waals surface area contributed by atoms with Gasteiger partial charge in [-0.3, -0.25) is 9.59 Å². The molecule has 2 amide bonds. The molecule has 2 N–H and O–H groups in total. The van der Waals surface area contributed by atoms with E-state index in [0.29, 0.717) is 5.75 Å². The summed E-state index contributed by atoms with van der Waals surface area (Å²) in [6.07, 6.45) is 0. The van der Waals surface area contributed by atoms with Crippen LogP contribution in [0.4, 0.5) is 0 Å². The Morgan fingerprint density at radius 3 is 2.24 bits per heavy atom. The quantitative estimate of drug-likeness (QED) is 0.747. The maximum absolute atomic E-state index is 12.6. The van der Waals surface area contributed by atoms with E-state index in [1.165, 1.54) is 12.5 Å². The zero-order chi connectivity index (χ0) is 18.2. The zero-order valence-corrected chi connectivity index (χ0v) is 15.6. The summed E-state index contributed by atoms with van der Waals surface area (Å²) in [7, 11) is 0. The molecule has 0 radical (unpaired) electrons. The first kappa shape index (κ1) is 19.1. The average molecular weight is 356 g/mol. The number of benzene rings is 2. The van der Waals surface area contributed by atoms with Crippen molar-refractivity contribution in [2.75, 3.05) is 5.75 Å². The Kier molecular flexibility index (Phi) is 7.07. The monoisotopic (exact) mass is 356 g/mol. The van der Waals surface area contributed by atoms with Crippen LogP contribution in [0.3, 0.4) is 0 Å². The molecule has 2 atom stereocenters.